The molecule has 0 fully saturated rings. The molecule has 0 aliphatic rings. The van der Waals surface area contributed by atoms with E-state index in [2.05, 4.69) is 54.0 Å². The van der Waals surface area contributed by atoms with Crippen LogP contribution in [0.5, 0.6) is 11.5 Å². The van der Waals surface area contributed by atoms with E-state index in [9.17, 15) is 0 Å². The zero-order valence-electron chi connectivity index (χ0n) is 16.4. The van der Waals surface area contributed by atoms with E-state index in [4.69, 9.17) is 9.47 Å². The van der Waals surface area contributed by atoms with Crippen molar-refractivity contribution in [2.75, 3.05) is 26.7 Å². The van der Waals surface area contributed by atoms with E-state index in [1.807, 2.05) is 20.0 Å². The molecule has 0 unspecified atom stereocenters. The van der Waals surface area contributed by atoms with Crippen LogP contribution in [0.25, 0.3) is 0 Å². The molecular formula is C21H32Cl2N2O2. The number of hydrogen-bond acceptors (Lipinski definition) is 4. The molecule has 6 heteroatoms. The summed E-state index contributed by atoms with van der Waals surface area (Å²) < 4.78 is 11.7. The Balaban J connectivity index is 0.00000338. The van der Waals surface area contributed by atoms with Gasteiger partial charge in [-0.05, 0) is 63.7 Å². The SMILES string of the molecule is CCOc1cc(CNCCCNC)ccc1OCc1ccc(C)cc1.Cl.Cl. The highest BCUT2D eigenvalue weighted by molar-refractivity contribution is 5.85. The molecule has 4 nitrogen and oxygen atoms in total. The van der Waals surface area contributed by atoms with E-state index in [1.54, 1.807) is 0 Å². The summed E-state index contributed by atoms with van der Waals surface area (Å²) in [6, 6.07) is 14.6. The van der Waals surface area contributed by atoms with E-state index >= 15 is 0 Å². The molecule has 0 aliphatic carbocycles. The van der Waals surface area contributed by atoms with Crippen molar-refractivity contribution in [1.29, 1.82) is 0 Å². The lowest BCUT2D eigenvalue weighted by Crippen LogP contribution is -2.19. The first kappa shape index (κ1) is 25.5. The topological polar surface area (TPSA) is 42.5 Å². The molecule has 2 aromatic carbocycles. The Labute approximate surface area is 175 Å². The van der Waals surface area contributed by atoms with Crippen LogP contribution in [-0.4, -0.2) is 26.7 Å². The van der Waals surface area contributed by atoms with Gasteiger partial charge in [0.15, 0.2) is 11.5 Å². The van der Waals surface area contributed by atoms with Crippen LogP contribution in [0.1, 0.15) is 30.0 Å². The Bertz CT molecular complexity index is 637. The Hall–Kier alpha value is -1.46. The highest BCUT2D eigenvalue weighted by Crippen LogP contribution is 2.29. The highest BCUT2D eigenvalue weighted by Gasteiger charge is 2.07. The van der Waals surface area contributed by atoms with E-state index in [-0.39, 0.29) is 24.8 Å². The molecule has 0 atom stereocenters. The summed E-state index contributed by atoms with van der Waals surface area (Å²) in [7, 11) is 1.98. The minimum atomic E-state index is 0. The lowest BCUT2D eigenvalue weighted by Gasteiger charge is -2.14. The Kier molecular flexibility index (Phi) is 13.8. The van der Waals surface area contributed by atoms with Gasteiger partial charge in [0, 0.05) is 6.54 Å². The van der Waals surface area contributed by atoms with Crippen molar-refractivity contribution in [1.82, 2.24) is 10.6 Å². The third-order valence-corrected chi connectivity index (χ3v) is 3.93. The van der Waals surface area contributed by atoms with E-state index in [1.165, 1.54) is 11.1 Å². The molecule has 0 radical (unpaired) electrons. The van der Waals surface area contributed by atoms with Gasteiger partial charge >= 0.3 is 0 Å². The summed E-state index contributed by atoms with van der Waals surface area (Å²) >= 11 is 0. The van der Waals surface area contributed by atoms with Gasteiger partial charge in [0.05, 0.1) is 6.61 Å². The molecular weight excluding hydrogens is 383 g/mol. The van der Waals surface area contributed by atoms with Gasteiger partial charge in [0.25, 0.3) is 0 Å². The van der Waals surface area contributed by atoms with Gasteiger partial charge in [0.1, 0.15) is 6.61 Å². The first-order valence-corrected chi connectivity index (χ1v) is 9.02. The van der Waals surface area contributed by atoms with Crippen LogP contribution in [0.4, 0.5) is 0 Å². The van der Waals surface area contributed by atoms with E-state index < -0.39 is 0 Å². The van der Waals surface area contributed by atoms with Gasteiger partial charge in [-0.3, -0.25) is 0 Å². The van der Waals surface area contributed by atoms with Crippen molar-refractivity contribution in [3.05, 3.63) is 59.2 Å². The van der Waals surface area contributed by atoms with Crippen LogP contribution in [0.2, 0.25) is 0 Å². The van der Waals surface area contributed by atoms with Crippen LogP contribution in [0.15, 0.2) is 42.5 Å². The zero-order valence-corrected chi connectivity index (χ0v) is 18.1. The van der Waals surface area contributed by atoms with E-state index in [0.29, 0.717) is 13.2 Å². The quantitative estimate of drug-likeness (QED) is 0.530. The molecule has 0 aliphatic heterocycles. The molecule has 2 rings (SSSR count). The van der Waals surface area contributed by atoms with Gasteiger partial charge in [-0.25, -0.2) is 0 Å². The number of aryl methyl sites for hydroxylation is 1. The van der Waals surface area contributed by atoms with Crippen LogP contribution in [0.3, 0.4) is 0 Å². The molecule has 0 heterocycles. The van der Waals surface area contributed by atoms with Gasteiger partial charge in [-0.2, -0.15) is 0 Å². The average Bonchev–Trinajstić information content (AvgIpc) is 2.62. The smallest absolute Gasteiger partial charge is 0.161 e. The number of ether oxygens (including phenoxy) is 2. The third-order valence-electron chi connectivity index (χ3n) is 3.93. The summed E-state index contributed by atoms with van der Waals surface area (Å²) in [6.07, 6.45) is 1.12. The monoisotopic (exact) mass is 414 g/mol. The molecule has 0 bridgehead atoms. The molecule has 152 valence electrons. The Morgan fingerprint density at radius 2 is 1.56 bits per heavy atom. The van der Waals surface area contributed by atoms with Crippen LogP contribution in [-0.2, 0) is 13.2 Å². The third kappa shape index (κ3) is 9.34. The molecule has 2 aromatic rings. The second-order valence-electron chi connectivity index (χ2n) is 6.12. The van der Waals surface area contributed by atoms with Crippen molar-refractivity contribution >= 4 is 24.8 Å². The molecule has 0 saturated heterocycles. The maximum Gasteiger partial charge on any atom is 0.161 e. The number of rotatable bonds is 11. The highest BCUT2D eigenvalue weighted by atomic mass is 35.5. The number of nitrogens with one attached hydrogen (secondary N) is 2. The van der Waals surface area contributed by atoms with Gasteiger partial charge in [-0.15, -0.1) is 24.8 Å². The standard InChI is InChI=1S/C21H30N2O2.2ClH/c1-4-24-21-14-19(15-23-13-5-12-22-3)10-11-20(21)25-16-18-8-6-17(2)7-9-18;;/h6-11,14,22-23H,4-5,12-13,15-16H2,1-3H3;2*1H. The lowest BCUT2D eigenvalue weighted by atomic mass is 10.1. The first-order valence-electron chi connectivity index (χ1n) is 9.02. The predicted molar refractivity (Wildman–Crippen MR) is 118 cm³/mol. The average molecular weight is 415 g/mol. The van der Waals surface area contributed by atoms with Crippen LogP contribution >= 0.6 is 24.8 Å². The van der Waals surface area contributed by atoms with Crippen molar-refractivity contribution in [3.63, 3.8) is 0 Å². The van der Waals surface area contributed by atoms with Crippen molar-refractivity contribution in [3.8, 4) is 11.5 Å². The molecule has 0 spiro atoms. The predicted octanol–water partition coefficient (Wildman–Crippen LogP) is 4.52. The molecule has 0 amide bonds. The fourth-order valence-corrected chi connectivity index (χ4v) is 2.52. The van der Waals surface area contributed by atoms with Crippen molar-refractivity contribution in [2.24, 2.45) is 0 Å². The largest absolute Gasteiger partial charge is 0.490 e. The van der Waals surface area contributed by atoms with Gasteiger partial charge < -0.3 is 20.1 Å². The van der Waals surface area contributed by atoms with Crippen molar-refractivity contribution < 1.29 is 9.47 Å². The summed E-state index contributed by atoms with van der Waals surface area (Å²) in [6.45, 7) is 8.11. The minimum absolute atomic E-state index is 0. The minimum Gasteiger partial charge on any atom is -0.490 e. The second-order valence-corrected chi connectivity index (χ2v) is 6.12. The van der Waals surface area contributed by atoms with Gasteiger partial charge in [-0.1, -0.05) is 35.9 Å². The molecule has 27 heavy (non-hydrogen) atoms. The Morgan fingerprint density at radius 1 is 0.852 bits per heavy atom. The summed E-state index contributed by atoms with van der Waals surface area (Å²) in [5.41, 5.74) is 3.62. The van der Waals surface area contributed by atoms with Crippen LogP contribution in [0, 0.1) is 6.92 Å². The molecule has 0 aromatic heterocycles. The summed E-state index contributed by atoms with van der Waals surface area (Å²) in [5, 5.41) is 6.61. The normalized spacial score (nSPS) is 9.89. The van der Waals surface area contributed by atoms with Crippen LogP contribution < -0.4 is 20.1 Å². The van der Waals surface area contributed by atoms with Crippen molar-refractivity contribution in [2.45, 2.75) is 33.4 Å². The second kappa shape index (κ2) is 14.6. The first-order chi connectivity index (χ1) is 12.2. The lowest BCUT2D eigenvalue weighted by molar-refractivity contribution is 0.269. The fraction of sp³-hybridized carbons (Fsp3) is 0.429. The summed E-state index contributed by atoms with van der Waals surface area (Å²) in [4.78, 5) is 0. The fourth-order valence-electron chi connectivity index (χ4n) is 2.52. The maximum absolute atomic E-state index is 5.97. The maximum atomic E-state index is 5.97. The van der Waals surface area contributed by atoms with E-state index in [0.717, 1.165) is 43.1 Å². The summed E-state index contributed by atoms with van der Waals surface area (Å²) in [5.74, 6) is 1.60. The molecule has 2 N–H and O–H groups in total. The number of halogens is 2. The van der Waals surface area contributed by atoms with Gasteiger partial charge in [0.2, 0.25) is 0 Å². The number of benzene rings is 2. The Morgan fingerprint density at radius 3 is 2.22 bits per heavy atom. The zero-order chi connectivity index (χ0) is 17.9. The molecule has 0 saturated carbocycles. The number of hydrogen-bond donors (Lipinski definition) is 2.